The van der Waals surface area contributed by atoms with Crippen molar-refractivity contribution < 1.29 is 9.53 Å². The molecule has 5 nitrogen and oxygen atoms in total. The van der Waals surface area contributed by atoms with Gasteiger partial charge in [-0.05, 0) is 36.8 Å². The van der Waals surface area contributed by atoms with Crippen molar-refractivity contribution in [1.82, 2.24) is 14.7 Å². The van der Waals surface area contributed by atoms with Crippen molar-refractivity contribution >= 4 is 40.7 Å². The fourth-order valence-corrected chi connectivity index (χ4v) is 3.33. The monoisotopic (exact) mass is 451 g/mol. The van der Waals surface area contributed by atoms with E-state index in [2.05, 4.69) is 5.10 Å². The molecule has 1 heterocycles. The molecule has 1 aromatic heterocycles. The van der Waals surface area contributed by atoms with Gasteiger partial charge in [0, 0.05) is 25.4 Å². The van der Waals surface area contributed by atoms with E-state index < -0.39 is 0 Å². The normalized spacial score (nSPS) is 10.8. The van der Waals surface area contributed by atoms with E-state index in [9.17, 15) is 4.79 Å². The van der Waals surface area contributed by atoms with E-state index in [4.69, 9.17) is 39.5 Å². The van der Waals surface area contributed by atoms with Gasteiger partial charge in [0.2, 0.25) is 0 Å². The number of amides is 1. The van der Waals surface area contributed by atoms with Crippen LogP contribution >= 0.6 is 34.8 Å². The van der Waals surface area contributed by atoms with Crippen LogP contribution in [0, 0.1) is 0 Å². The molecule has 0 saturated carbocycles. The first-order chi connectivity index (χ1) is 13.9. The summed E-state index contributed by atoms with van der Waals surface area (Å²) in [6.07, 6.45) is 1.76. The summed E-state index contributed by atoms with van der Waals surface area (Å²) >= 11 is 18.4. The molecular weight excluding hydrogens is 433 g/mol. The maximum atomic E-state index is 12.8. The minimum absolute atomic E-state index is 0.130. The second-order valence-electron chi connectivity index (χ2n) is 6.48. The van der Waals surface area contributed by atoms with Gasteiger partial charge in [-0.15, -0.1) is 0 Å². The topological polar surface area (TPSA) is 47.4 Å². The number of ether oxygens (including phenoxy) is 1. The lowest BCUT2D eigenvalue weighted by Crippen LogP contribution is -2.26. The molecular formula is C21H20Cl3N3O2. The van der Waals surface area contributed by atoms with Gasteiger partial charge in [0.1, 0.15) is 23.1 Å². The zero-order valence-corrected chi connectivity index (χ0v) is 18.3. The zero-order chi connectivity index (χ0) is 21.0. The second-order valence-corrected chi connectivity index (χ2v) is 7.67. The van der Waals surface area contributed by atoms with Crippen molar-refractivity contribution in [1.29, 1.82) is 0 Å². The summed E-state index contributed by atoms with van der Waals surface area (Å²) in [6, 6.07) is 12.5. The highest BCUT2D eigenvalue weighted by molar-refractivity contribution is 6.42. The molecule has 2 aromatic carbocycles. The van der Waals surface area contributed by atoms with E-state index in [0.717, 1.165) is 12.1 Å². The van der Waals surface area contributed by atoms with Crippen LogP contribution in [-0.4, -0.2) is 27.6 Å². The SMILES string of the molecule is CCn1cc(Cl)c(CN(C)C(=O)c2cccc(COc3cccc(Cl)c3Cl)c2)n1. The molecule has 0 bridgehead atoms. The number of carbonyl (C=O) groups excluding carboxylic acids is 1. The van der Waals surface area contributed by atoms with E-state index in [-0.39, 0.29) is 12.5 Å². The van der Waals surface area contributed by atoms with E-state index in [1.165, 1.54) is 0 Å². The van der Waals surface area contributed by atoms with E-state index in [1.807, 2.05) is 19.1 Å². The standard InChI is InChI=1S/C21H20Cl3N3O2/c1-3-27-11-17(23)18(25-27)12-26(2)21(28)15-7-4-6-14(10-15)13-29-19-9-5-8-16(22)20(19)24/h4-11H,3,12-13H2,1-2H3. The number of halogens is 3. The molecule has 0 radical (unpaired) electrons. The van der Waals surface area contributed by atoms with Crippen LogP contribution in [0.2, 0.25) is 15.1 Å². The van der Waals surface area contributed by atoms with Crippen LogP contribution in [0.15, 0.2) is 48.7 Å². The summed E-state index contributed by atoms with van der Waals surface area (Å²) < 4.78 is 7.50. The number of carbonyl (C=O) groups is 1. The summed E-state index contributed by atoms with van der Waals surface area (Å²) in [4.78, 5) is 14.4. The molecule has 29 heavy (non-hydrogen) atoms. The summed E-state index contributed by atoms with van der Waals surface area (Å²) in [6.45, 7) is 3.28. The Labute approximate surface area is 184 Å². The molecule has 3 aromatic rings. The smallest absolute Gasteiger partial charge is 0.253 e. The third kappa shape index (κ3) is 5.24. The lowest BCUT2D eigenvalue weighted by Gasteiger charge is -2.17. The minimum atomic E-state index is -0.130. The number of aryl methyl sites for hydroxylation is 1. The fourth-order valence-electron chi connectivity index (χ4n) is 2.77. The van der Waals surface area contributed by atoms with Crippen molar-refractivity contribution in [3.8, 4) is 5.75 Å². The van der Waals surface area contributed by atoms with E-state index in [1.54, 1.807) is 53.2 Å². The maximum Gasteiger partial charge on any atom is 0.253 e. The Balaban J connectivity index is 1.68. The zero-order valence-electron chi connectivity index (χ0n) is 16.0. The number of rotatable bonds is 7. The summed E-state index contributed by atoms with van der Waals surface area (Å²) in [5.74, 6) is 0.365. The van der Waals surface area contributed by atoms with Gasteiger partial charge in [0.25, 0.3) is 5.91 Å². The van der Waals surface area contributed by atoms with Gasteiger partial charge in [-0.2, -0.15) is 5.10 Å². The predicted molar refractivity (Wildman–Crippen MR) is 116 cm³/mol. The van der Waals surface area contributed by atoms with Crippen molar-refractivity contribution in [2.75, 3.05) is 7.05 Å². The van der Waals surface area contributed by atoms with E-state index >= 15 is 0 Å². The van der Waals surface area contributed by atoms with Crippen LogP contribution in [0.5, 0.6) is 5.75 Å². The average Bonchev–Trinajstić information content (AvgIpc) is 3.08. The third-order valence-electron chi connectivity index (χ3n) is 4.33. The second kappa shape index (κ2) is 9.53. The molecule has 0 aliphatic carbocycles. The average molecular weight is 453 g/mol. The molecule has 0 atom stereocenters. The van der Waals surface area contributed by atoms with Gasteiger partial charge in [-0.1, -0.05) is 53.0 Å². The highest BCUT2D eigenvalue weighted by Gasteiger charge is 2.16. The summed E-state index contributed by atoms with van der Waals surface area (Å²) in [5.41, 5.74) is 2.06. The Kier molecular flexibility index (Phi) is 7.06. The quantitative estimate of drug-likeness (QED) is 0.461. The van der Waals surface area contributed by atoms with Crippen molar-refractivity contribution in [2.45, 2.75) is 26.6 Å². The van der Waals surface area contributed by atoms with Gasteiger partial charge in [-0.25, -0.2) is 0 Å². The van der Waals surface area contributed by atoms with Crippen LogP contribution in [0.25, 0.3) is 0 Å². The van der Waals surface area contributed by atoms with Crippen molar-refractivity contribution in [3.63, 3.8) is 0 Å². The van der Waals surface area contributed by atoms with Gasteiger partial charge in [-0.3, -0.25) is 9.48 Å². The summed E-state index contributed by atoms with van der Waals surface area (Å²) in [5, 5.41) is 5.73. The molecule has 0 fully saturated rings. The van der Waals surface area contributed by atoms with Crippen LogP contribution in [0.3, 0.4) is 0 Å². The fraction of sp³-hybridized carbons (Fsp3) is 0.238. The minimum Gasteiger partial charge on any atom is -0.487 e. The lowest BCUT2D eigenvalue weighted by atomic mass is 10.1. The first kappa shape index (κ1) is 21.5. The van der Waals surface area contributed by atoms with Crippen molar-refractivity contribution in [3.05, 3.63) is 80.6 Å². The third-order valence-corrected chi connectivity index (χ3v) is 5.45. The van der Waals surface area contributed by atoms with Crippen LogP contribution in [0.1, 0.15) is 28.5 Å². The maximum absolute atomic E-state index is 12.8. The van der Waals surface area contributed by atoms with Gasteiger partial charge in [0.05, 0.1) is 16.6 Å². The molecule has 0 unspecified atom stereocenters. The molecule has 3 rings (SSSR count). The highest BCUT2D eigenvalue weighted by Crippen LogP contribution is 2.32. The molecule has 0 spiro atoms. The lowest BCUT2D eigenvalue weighted by molar-refractivity contribution is 0.0783. The highest BCUT2D eigenvalue weighted by atomic mass is 35.5. The van der Waals surface area contributed by atoms with Crippen LogP contribution in [0.4, 0.5) is 0 Å². The number of nitrogens with zero attached hydrogens (tertiary/aromatic N) is 3. The number of hydrogen-bond acceptors (Lipinski definition) is 3. The van der Waals surface area contributed by atoms with E-state index in [0.29, 0.717) is 38.6 Å². The Morgan fingerprint density at radius 2 is 1.90 bits per heavy atom. The first-order valence-corrected chi connectivity index (χ1v) is 10.2. The Morgan fingerprint density at radius 3 is 2.62 bits per heavy atom. The van der Waals surface area contributed by atoms with Gasteiger partial charge >= 0.3 is 0 Å². The van der Waals surface area contributed by atoms with Gasteiger partial charge < -0.3 is 9.64 Å². The first-order valence-electron chi connectivity index (χ1n) is 9.02. The predicted octanol–water partition coefficient (Wildman–Crippen LogP) is 5.71. The number of hydrogen-bond donors (Lipinski definition) is 0. The van der Waals surface area contributed by atoms with Gasteiger partial charge in [0.15, 0.2) is 0 Å². The van der Waals surface area contributed by atoms with Crippen LogP contribution in [-0.2, 0) is 19.7 Å². The Hall–Kier alpha value is -2.21. The van der Waals surface area contributed by atoms with Crippen molar-refractivity contribution in [2.24, 2.45) is 0 Å². The molecule has 0 aliphatic heterocycles. The Morgan fingerprint density at radius 1 is 1.14 bits per heavy atom. The molecule has 0 saturated heterocycles. The largest absolute Gasteiger partial charge is 0.487 e. The molecule has 152 valence electrons. The number of benzene rings is 2. The Bertz CT molecular complexity index is 1020. The van der Waals surface area contributed by atoms with Crippen LogP contribution < -0.4 is 4.74 Å². The molecule has 0 aliphatic rings. The number of aromatic nitrogens is 2. The molecule has 0 N–H and O–H groups in total. The molecule has 1 amide bonds. The molecule has 8 heteroatoms. The summed E-state index contributed by atoms with van der Waals surface area (Å²) in [7, 11) is 1.72.